The van der Waals surface area contributed by atoms with E-state index < -0.39 is 13.2 Å². The Kier molecular flexibility index (Phi) is 3.22. The molecule has 0 amide bonds. The Morgan fingerprint density at radius 3 is 2.71 bits per heavy atom. The molecule has 5 heteroatoms. The molecule has 0 fully saturated rings. The highest BCUT2D eigenvalue weighted by molar-refractivity contribution is 7.59. The summed E-state index contributed by atoms with van der Waals surface area (Å²) in [6.07, 6.45) is 1.39. The predicted molar refractivity (Wildman–Crippen MR) is 54.2 cm³/mol. The second kappa shape index (κ2) is 3.78. The van der Waals surface area contributed by atoms with Crippen molar-refractivity contribution in [1.82, 2.24) is 0 Å². The highest BCUT2D eigenvalue weighted by atomic mass is 31.2. The van der Waals surface area contributed by atoms with E-state index in [9.17, 15) is 9.67 Å². The summed E-state index contributed by atoms with van der Waals surface area (Å²) in [5, 5.41) is 10.2. The van der Waals surface area contributed by atoms with Crippen LogP contribution in [0.1, 0.15) is 27.7 Å². The molecule has 0 bridgehead atoms. The molecule has 0 radical (unpaired) electrons. The molecule has 2 unspecified atom stereocenters. The summed E-state index contributed by atoms with van der Waals surface area (Å²) in [7, 11) is -3.25. The summed E-state index contributed by atoms with van der Waals surface area (Å²) in [6, 6.07) is 0. The lowest BCUT2D eigenvalue weighted by Gasteiger charge is -2.23. The molecule has 4 nitrogen and oxygen atoms in total. The smallest absolute Gasteiger partial charge is 0.360 e. The quantitative estimate of drug-likeness (QED) is 0.741. The van der Waals surface area contributed by atoms with E-state index in [1.165, 1.54) is 0 Å². The molecule has 0 aliphatic carbocycles. The van der Waals surface area contributed by atoms with Gasteiger partial charge >= 0.3 is 7.60 Å². The fourth-order valence-electron chi connectivity index (χ4n) is 1.43. The van der Waals surface area contributed by atoms with Crippen molar-refractivity contribution in [3.05, 3.63) is 11.4 Å². The Morgan fingerprint density at radius 1 is 1.71 bits per heavy atom. The average molecular weight is 220 g/mol. The van der Waals surface area contributed by atoms with Crippen LogP contribution in [0.4, 0.5) is 0 Å². The van der Waals surface area contributed by atoms with Crippen LogP contribution < -0.4 is 0 Å². The number of rotatable bonds is 3. The fraction of sp³-hybridized carbons (Fsp3) is 0.778. The molecule has 1 rings (SSSR count). The van der Waals surface area contributed by atoms with Gasteiger partial charge in [-0.05, 0) is 33.8 Å². The summed E-state index contributed by atoms with van der Waals surface area (Å²) in [5.74, 6) is 0. The molecule has 14 heavy (non-hydrogen) atoms. The van der Waals surface area contributed by atoms with E-state index in [0.29, 0.717) is 11.9 Å². The van der Waals surface area contributed by atoms with Crippen molar-refractivity contribution in [1.29, 1.82) is 0 Å². The monoisotopic (exact) mass is 220 g/mol. The maximum atomic E-state index is 12.1. The van der Waals surface area contributed by atoms with Gasteiger partial charge in [-0.15, -0.1) is 0 Å². The first-order valence-electron chi connectivity index (χ1n) is 4.68. The Morgan fingerprint density at radius 2 is 2.29 bits per heavy atom. The van der Waals surface area contributed by atoms with E-state index in [4.69, 9.17) is 9.05 Å². The highest BCUT2D eigenvalue weighted by Crippen LogP contribution is 2.63. The van der Waals surface area contributed by atoms with Gasteiger partial charge in [0.25, 0.3) is 0 Å². The lowest BCUT2D eigenvalue weighted by Crippen LogP contribution is -2.21. The Labute approximate surface area is 84.4 Å². The largest absolute Gasteiger partial charge is 0.385 e. The van der Waals surface area contributed by atoms with Crippen molar-refractivity contribution in [2.75, 3.05) is 6.61 Å². The highest BCUT2D eigenvalue weighted by Gasteiger charge is 2.44. The molecular weight excluding hydrogens is 203 g/mol. The van der Waals surface area contributed by atoms with Crippen LogP contribution in [0.5, 0.6) is 0 Å². The molecule has 1 N–H and O–H groups in total. The van der Waals surface area contributed by atoms with Crippen LogP contribution >= 0.6 is 7.60 Å². The zero-order valence-corrected chi connectivity index (χ0v) is 9.88. The molecule has 0 saturated heterocycles. The van der Waals surface area contributed by atoms with Gasteiger partial charge in [0, 0.05) is 0 Å². The third-order valence-electron chi connectivity index (χ3n) is 1.92. The van der Waals surface area contributed by atoms with Crippen LogP contribution in [0.3, 0.4) is 0 Å². The van der Waals surface area contributed by atoms with Gasteiger partial charge in [-0.1, -0.05) is 0 Å². The second-order valence-corrected chi connectivity index (χ2v) is 5.78. The molecule has 1 aliphatic heterocycles. The van der Waals surface area contributed by atoms with Gasteiger partial charge in [-0.2, -0.15) is 0 Å². The van der Waals surface area contributed by atoms with Gasteiger partial charge in [0.1, 0.15) is 0 Å². The van der Waals surface area contributed by atoms with Crippen molar-refractivity contribution in [3.8, 4) is 0 Å². The molecule has 0 saturated carbocycles. The minimum absolute atomic E-state index is 0.270. The topological polar surface area (TPSA) is 55.8 Å². The minimum Gasteiger partial charge on any atom is -0.385 e. The third kappa shape index (κ3) is 2.26. The zero-order valence-electron chi connectivity index (χ0n) is 8.98. The lowest BCUT2D eigenvalue weighted by atomic mass is 10.1. The van der Waals surface area contributed by atoms with Crippen molar-refractivity contribution < 1.29 is 18.7 Å². The SMILES string of the molecule is CCOP1(=O)OC(C)C=C1C(C)(C)O. The van der Waals surface area contributed by atoms with E-state index in [1.807, 2.05) is 0 Å². The van der Waals surface area contributed by atoms with Gasteiger partial charge in [0.05, 0.1) is 23.6 Å². The van der Waals surface area contributed by atoms with Crippen molar-refractivity contribution >= 4 is 7.60 Å². The summed E-state index contributed by atoms with van der Waals surface area (Å²) in [5.41, 5.74) is -1.16. The molecule has 0 aromatic carbocycles. The molecule has 1 aliphatic rings. The first-order chi connectivity index (χ1) is 6.29. The van der Waals surface area contributed by atoms with E-state index in [0.717, 1.165) is 0 Å². The number of hydrogen-bond donors (Lipinski definition) is 1. The van der Waals surface area contributed by atoms with Gasteiger partial charge in [0.2, 0.25) is 0 Å². The number of hydrogen-bond acceptors (Lipinski definition) is 4. The minimum atomic E-state index is -3.25. The van der Waals surface area contributed by atoms with E-state index >= 15 is 0 Å². The normalized spacial score (nSPS) is 33.2. The van der Waals surface area contributed by atoms with E-state index in [2.05, 4.69) is 0 Å². The average Bonchev–Trinajstić information content (AvgIpc) is 2.25. The van der Waals surface area contributed by atoms with Gasteiger partial charge < -0.3 is 9.63 Å². The molecule has 2 atom stereocenters. The first kappa shape index (κ1) is 11.9. The van der Waals surface area contributed by atoms with E-state index in [1.54, 1.807) is 33.8 Å². The number of aliphatic hydroxyl groups is 1. The lowest BCUT2D eigenvalue weighted by molar-refractivity contribution is 0.122. The molecule has 0 aromatic rings. The molecule has 0 aromatic heterocycles. The summed E-state index contributed by atoms with van der Waals surface area (Å²) >= 11 is 0. The van der Waals surface area contributed by atoms with Crippen LogP contribution in [0, 0.1) is 0 Å². The summed E-state index contributed by atoms with van der Waals surface area (Å²) in [6.45, 7) is 6.97. The van der Waals surface area contributed by atoms with Crippen LogP contribution in [0.25, 0.3) is 0 Å². The maximum absolute atomic E-state index is 12.1. The van der Waals surface area contributed by atoms with Crippen molar-refractivity contribution in [2.24, 2.45) is 0 Å². The Balaban J connectivity index is 3.01. The second-order valence-electron chi connectivity index (χ2n) is 3.84. The molecule has 1 heterocycles. The fourth-order valence-corrected chi connectivity index (χ4v) is 3.64. The van der Waals surface area contributed by atoms with E-state index in [-0.39, 0.29) is 6.10 Å². The summed E-state index contributed by atoms with van der Waals surface area (Å²) in [4.78, 5) is 0. The molecule has 82 valence electrons. The maximum Gasteiger partial charge on any atom is 0.360 e. The van der Waals surface area contributed by atoms with Crippen LogP contribution in [-0.2, 0) is 13.6 Å². The van der Waals surface area contributed by atoms with Crippen LogP contribution in [-0.4, -0.2) is 23.4 Å². The van der Waals surface area contributed by atoms with Gasteiger partial charge in [-0.25, -0.2) is 0 Å². The van der Waals surface area contributed by atoms with Crippen LogP contribution in [0.2, 0.25) is 0 Å². The zero-order chi connectivity index (χ0) is 11.0. The van der Waals surface area contributed by atoms with Crippen molar-refractivity contribution in [2.45, 2.75) is 39.4 Å². The summed E-state index contributed by atoms with van der Waals surface area (Å²) < 4.78 is 22.4. The van der Waals surface area contributed by atoms with Crippen LogP contribution in [0.15, 0.2) is 11.4 Å². The molecule has 0 spiro atoms. The standard InChI is InChI=1S/C9H17O4P/c1-5-12-14(11)8(9(3,4)10)6-7(2)13-14/h6-7,10H,5H2,1-4H3. The third-order valence-corrected chi connectivity index (χ3v) is 4.41. The first-order valence-corrected chi connectivity index (χ1v) is 6.22. The predicted octanol–water partition coefficient (Wildman–Crippen LogP) is 2.29. The van der Waals surface area contributed by atoms with Gasteiger partial charge in [-0.3, -0.25) is 9.09 Å². The Hall–Kier alpha value is -0.150. The van der Waals surface area contributed by atoms with Gasteiger partial charge in [0.15, 0.2) is 0 Å². The molecular formula is C9H17O4P. The van der Waals surface area contributed by atoms with Crippen molar-refractivity contribution in [3.63, 3.8) is 0 Å². The Bertz CT molecular complexity index is 290.